The van der Waals surface area contributed by atoms with Crippen molar-refractivity contribution in [2.75, 3.05) is 31.6 Å². The number of thiophene rings is 1. The van der Waals surface area contributed by atoms with E-state index in [2.05, 4.69) is 52.1 Å². The van der Waals surface area contributed by atoms with Gasteiger partial charge in [0.05, 0.1) is 0 Å². The van der Waals surface area contributed by atoms with Crippen molar-refractivity contribution in [2.45, 2.75) is 19.3 Å². The number of hydrogen-bond donors (Lipinski definition) is 0. The van der Waals surface area contributed by atoms with Crippen molar-refractivity contribution < 1.29 is 4.79 Å². The van der Waals surface area contributed by atoms with Gasteiger partial charge >= 0.3 is 0 Å². The van der Waals surface area contributed by atoms with Crippen LogP contribution in [0.15, 0.2) is 47.2 Å². The summed E-state index contributed by atoms with van der Waals surface area (Å²) in [7, 11) is 1.95. The van der Waals surface area contributed by atoms with Gasteiger partial charge in [-0.05, 0) is 53.3 Å². The van der Waals surface area contributed by atoms with Gasteiger partial charge in [0.25, 0.3) is 0 Å². The van der Waals surface area contributed by atoms with E-state index in [-0.39, 0.29) is 5.91 Å². The van der Waals surface area contributed by atoms with Crippen LogP contribution in [0.3, 0.4) is 0 Å². The number of hydrogen-bond acceptors (Lipinski definition) is 3. The van der Waals surface area contributed by atoms with E-state index >= 15 is 0 Å². The summed E-state index contributed by atoms with van der Waals surface area (Å²) < 4.78 is 0. The molecule has 1 saturated heterocycles. The summed E-state index contributed by atoms with van der Waals surface area (Å²) in [5, 5.41) is 4.20. The Morgan fingerprint density at radius 2 is 2.13 bits per heavy atom. The van der Waals surface area contributed by atoms with Gasteiger partial charge in [-0.15, -0.1) is 0 Å². The van der Waals surface area contributed by atoms with Crippen LogP contribution in [-0.4, -0.2) is 37.5 Å². The van der Waals surface area contributed by atoms with Crippen molar-refractivity contribution >= 4 is 22.9 Å². The topological polar surface area (TPSA) is 23.6 Å². The third-order valence-corrected chi connectivity index (χ3v) is 5.30. The zero-order chi connectivity index (χ0) is 16.1. The van der Waals surface area contributed by atoms with Gasteiger partial charge < -0.3 is 9.80 Å². The molecule has 1 atom stereocenters. The van der Waals surface area contributed by atoms with Crippen LogP contribution < -0.4 is 4.90 Å². The minimum atomic E-state index is 0.259. The highest BCUT2D eigenvalue weighted by Crippen LogP contribution is 2.24. The maximum Gasteiger partial charge on any atom is 0.222 e. The molecule has 1 amide bonds. The van der Waals surface area contributed by atoms with Crippen molar-refractivity contribution in [3.63, 3.8) is 0 Å². The Morgan fingerprint density at radius 3 is 2.87 bits per heavy atom. The zero-order valence-corrected chi connectivity index (χ0v) is 14.5. The maximum absolute atomic E-state index is 12.3. The molecule has 0 N–H and O–H groups in total. The Kier molecular flexibility index (Phi) is 5.34. The van der Waals surface area contributed by atoms with E-state index in [0.717, 1.165) is 32.5 Å². The van der Waals surface area contributed by atoms with E-state index in [1.807, 2.05) is 11.9 Å². The predicted octanol–water partition coefficient (Wildman–Crippen LogP) is 3.67. The van der Waals surface area contributed by atoms with Crippen molar-refractivity contribution in [1.82, 2.24) is 4.90 Å². The molecule has 0 radical (unpaired) electrons. The number of amides is 1. The third-order valence-electron chi connectivity index (χ3n) is 4.57. The molecule has 1 aliphatic heterocycles. The van der Waals surface area contributed by atoms with E-state index in [9.17, 15) is 4.79 Å². The lowest BCUT2D eigenvalue weighted by Crippen LogP contribution is -2.33. The van der Waals surface area contributed by atoms with Gasteiger partial charge in [0.2, 0.25) is 5.91 Å². The number of anilines is 1. The fourth-order valence-corrected chi connectivity index (χ4v) is 3.92. The molecule has 0 saturated carbocycles. The van der Waals surface area contributed by atoms with Gasteiger partial charge in [-0.2, -0.15) is 11.3 Å². The largest absolute Gasteiger partial charge is 0.371 e. The second-order valence-electron chi connectivity index (χ2n) is 6.34. The molecule has 3 nitrogen and oxygen atoms in total. The fraction of sp³-hybridized carbons (Fsp3) is 0.421. The quantitative estimate of drug-likeness (QED) is 0.808. The molecule has 2 heterocycles. The van der Waals surface area contributed by atoms with Crippen molar-refractivity contribution in [3.8, 4) is 0 Å². The molecule has 4 heteroatoms. The third kappa shape index (κ3) is 4.35. The van der Waals surface area contributed by atoms with E-state index in [1.165, 1.54) is 11.3 Å². The van der Waals surface area contributed by atoms with Gasteiger partial charge in [-0.25, -0.2) is 0 Å². The number of para-hydroxylation sites is 1. The average molecular weight is 328 g/mol. The van der Waals surface area contributed by atoms with Crippen LogP contribution in [0.1, 0.15) is 18.4 Å². The summed E-state index contributed by atoms with van der Waals surface area (Å²) in [4.78, 5) is 16.6. The van der Waals surface area contributed by atoms with Gasteiger partial charge in [-0.1, -0.05) is 18.2 Å². The standard InChI is InChI=1S/C19H24N2OS/c1-20(19(22)8-7-16-10-12-23-15-16)13-17-9-11-21(14-17)18-5-3-2-4-6-18/h2-6,10,12,15,17H,7-9,11,13-14H2,1H3/t17-/m0/s1. The highest BCUT2D eigenvalue weighted by atomic mass is 32.1. The number of nitrogens with zero attached hydrogens (tertiary/aromatic N) is 2. The molecule has 1 aromatic heterocycles. The summed E-state index contributed by atoms with van der Waals surface area (Å²) in [6.07, 6.45) is 2.63. The Labute approximate surface area is 142 Å². The second-order valence-corrected chi connectivity index (χ2v) is 7.12. The van der Waals surface area contributed by atoms with Gasteiger partial charge in [0, 0.05) is 38.8 Å². The smallest absolute Gasteiger partial charge is 0.222 e. The first-order valence-electron chi connectivity index (χ1n) is 8.27. The molecule has 1 aromatic carbocycles. The van der Waals surface area contributed by atoms with E-state index < -0.39 is 0 Å². The number of benzene rings is 1. The highest BCUT2D eigenvalue weighted by Gasteiger charge is 2.24. The van der Waals surface area contributed by atoms with Crippen molar-refractivity contribution in [2.24, 2.45) is 5.92 Å². The summed E-state index contributed by atoms with van der Waals surface area (Å²) in [6, 6.07) is 12.7. The number of carbonyl (C=O) groups is 1. The molecule has 0 unspecified atom stereocenters. The van der Waals surface area contributed by atoms with Gasteiger partial charge in [0.1, 0.15) is 0 Å². The molecular formula is C19H24N2OS. The van der Waals surface area contributed by atoms with E-state index in [1.54, 1.807) is 11.3 Å². The lowest BCUT2D eigenvalue weighted by molar-refractivity contribution is -0.130. The molecule has 1 fully saturated rings. The van der Waals surface area contributed by atoms with Crippen LogP contribution in [0.4, 0.5) is 5.69 Å². The molecule has 2 aromatic rings. The Balaban J connectivity index is 1.45. The Hall–Kier alpha value is -1.81. The molecule has 23 heavy (non-hydrogen) atoms. The lowest BCUT2D eigenvalue weighted by atomic mass is 10.1. The first-order chi connectivity index (χ1) is 11.2. The Bertz CT molecular complexity index is 612. The summed E-state index contributed by atoms with van der Waals surface area (Å²) in [6.45, 7) is 3.00. The maximum atomic E-state index is 12.3. The van der Waals surface area contributed by atoms with Crippen LogP contribution in [0.25, 0.3) is 0 Å². The van der Waals surface area contributed by atoms with Gasteiger partial charge in [0.15, 0.2) is 0 Å². The monoisotopic (exact) mass is 328 g/mol. The zero-order valence-electron chi connectivity index (χ0n) is 13.6. The lowest BCUT2D eigenvalue weighted by Gasteiger charge is -2.22. The van der Waals surface area contributed by atoms with Crippen molar-refractivity contribution in [1.29, 1.82) is 0 Å². The average Bonchev–Trinajstić information content (AvgIpc) is 3.25. The van der Waals surface area contributed by atoms with E-state index in [4.69, 9.17) is 0 Å². The molecule has 1 aliphatic rings. The van der Waals surface area contributed by atoms with Crippen LogP contribution >= 0.6 is 11.3 Å². The summed E-state index contributed by atoms with van der Waals surface area (Å²) >= 11 is 1.69. The molecule has 122 valence electrons. The number of carbonyl (C=O) groups excluding carboxylic acids is 1. The first-order valence-corrected chi connectivity index (χ1v) is 9.21. The van der Waals surface area contributed by atoms with Crippen LogP contribution in [0.2, 0.25) is 0 Å². The highest BCUT2D eigenvalue weighted by molar-refractivity contribution is 7.07. The molecule has 3 rings (SSSR count). The molecule has 0 bridgehead atoms. The number of rotatable bonds is 6. The van der Waals surface area contributed by atoms with E-state index in [0.29, 0.717) is 12.3 Å². The minimum absolute atomic E-state index is 0.259. The molecular weight excluding hydrogens is 304 g/mol. The van der Waals surface area contributed by atoms with Crippen molar-refractivity contribution in [3.05, 3.63) is 52.7 Å². The number of aryl methyl sites for hydroxylation is 1. The SMILES string of the molecule is CN(C[C@@H]1CCN(c2ccccc2)C1)C(=O)CCc1ccsc1. The molecule has 0 aliphatic carbocycles. The summed E-state index contributed by atoms with van der Waals surface area (Å²) in [5.41, 5.74) is 2.56. The predicted molar refractivity (Wildman–Crippen MR) is 97.0 cm³/mol. The normalized spacial score (nSPS) is 17.4. The second kappa shape index (κ2) is 7.64. The van der Waals surface area contributed by atoms with Crippen LogP contribution in [-0.2, 0) is 11.2 Å². The van der Waals surface area contributed by atoms with Crippen LogP contribution in [0.5, 0.6) is 0 Å². The Morgan fingerprint density at radius 1 is 1.30 bits per heavy atom. The van der Waals surface area contributed by atoms with Gasteiger partial charge in [-0.3, -0.25) is 4.79 Å². The minimum Gasteiger partial charge on any atom is -0.371 e. The summed E-state index contributed by atoms with van der Waals surface area (Å²) in [5.74, 6) is 0.833. The molecule has 0 spiro atoms. The fourth-order valence-electron chi connectivity index (χ4n) is 3.22. The van der Waals surface area contributed by atoms with Crippen LogP contribution in [0, 0.1) is 5.92 Å². The first kappa shape index (κ1) is 16.1.